The summed E-state index contributed by atoms with van der Waals surface area (Å²) >= 11 is 3.44. The van der Waals surface area contributed by atoms with Crippen molar-refractivity contribution in [1.29, 1.82) is 0 Å². The zero-order valence-corrected chi connectivity index (χ0v) is 15.5. The Balaban J connectivity index is 1.42. The molecule has 0 atom stereocenters. The van der Waals surface area contributed by atoms with Crippen molar-refractivity contribution in [1.82, 2.24) is 5.32 Å². The number of anilines is 1. The Hall–Kier alpha value is -1.36. The van der Waals surface area contributed by atoms with E-state index in [1.165, 1.54) is 19.3 Å². The summed E-state index contributed by atoms with van der Waals surface area (Å²) in [7, 11) is 0. The molecule has 0 heterocycles. The first-order valence-corrected chi connectivity index (χ1v) is 9.61. The molecule has 5 rings (SSSR count). The van der Waals surface area contributed by atoms with E-state index < -0.39 is 11.8 Å². The molecule has 0 aliphatic heterocycles. The summed E-state index contributed by atoms with van der Waals surface area (Å²) in [6.07, 6.45) is 7.11. The second-order valence-corrected chi connectivity index (χ2v) is 8.92. The minimum atomic E-state index is -0.563. The third kappa shape index (κ3) is 2.99. The molecular formula is C19H23BrN2O2. The molecule has 4 saturated carbocycles. The van der Waals surface area contributed by atoms with Gasteiger partial charge in [-0.3, -0.25) is 9.59 Å². The van der Waals surface area contributed by atoms with Crippen LogP contribution >= 0.6 is 15.9 Å². The lowest BCUT2D eigenvalue weighted by atomic mass is 9.53. The van der Waals surface area contributed by atoms with Gasteiger partial charge in [0.1, 0.15) is 0 Å². The molecule has 0 unspecified atom stereocenters. The quantitative estimate of drug-likeness (QED) is 0.754. The van der Waals surface area contributed by atoms with E-state index in [9.17, 15) is 9.59 Å². The zero-order chi connectivity index (χ0) is 16.9. The lowest BCUT2D eigenvalue weighted by molar-refractivity contribution is -0.139. The predicted octanol–water partition coefficient (Wildman–Crippen LogP) is 3.78. The highest BCUT2D eigenvalue weighted by Gasteiger charge is 2.51. The number of hydrogen-bond acceptors (Lipinski definition) is 2. The highest BCUT2D eigenvalue weighted by atomic mass is 79.9. The molecule has 0 aromatic heterocycles. The van der Waals surface area contributed by atoms with E-state index in [1.807, 2.05) is 19.1 Å². The van der Waals surface area contributed by atoms with Crippen LogP contribution < -0.4 is 10.6 Å². The van der Waals surface area contributed by atoms with Gasteiger partial charge in [-0.15, -0.1) is 0 Å². The Morgan fingerprint density at radius 1 is 1.04 bits per heavy atom. The van der Waals surface area contributed by atoms with Crippen LogP contribution in [-0.4, -0.2) is 17.4 Å². The maximum absolute atomic E-state index is 12.5. The van der Waals surface area contributed by atoms with Gasteiger partial charge in [-0.2, -0.15) is 0 Å². The number of halogens is 1. The van der Waals surface area contributed by atoms with Crippen LogP contribution in [0, 0.1) is 24.7 Å². The van der Waals surface area contributed by atoms with Gasteiger partial charge in [0.15, 0.2) is 0 Å². The molecule has 1 aromatic rings. The van der Waals surface area contributed by atoms with Crippen molar-refractivity contribution in [3.8, 4) is 0 Å². The van der Waals surface area contributed by atoms with E-state index in [4.69, 9.17) is 0 Å². The van der Waals surface area contributed by atoms with E-state index in [0.717, 1.165) is 47.1 Å². The van der Waals surface area contributed by atoms with Gasteiger partial charge in [0.25, 0.3) is 0 Å². The normalized spacial score (nSPS) is 33.3. The van der Waals surface area contributed by atoms with Crippen molar-refractivity contribution in [2.24, 2.45) is 17.8 Å². The van der Waals surface area contributed by atoms with E-state index in [1.54, 1.807) is 6.07 Å². The topological polar surface area (TPSA) is 58.2 Å². The third-order valence-electron chi connectivity index (χ3n) is 6.04. The smallest absolute Gasteiger partial charge is 0.313 e. The molecule has 0 saturated heterocycles. The van der Waals surface area contributed by atoms with E-state index in [0.29, 0.717) is 5.69 Å². The Morgan fingerprint density at radius 3 is 2.17 bits per heavy atom. The second-order valence-electron chi connectivity index (χ2n) is 8.07. The molecule has 4 fully saturated rings. The number of benzene rings is 1. The van der Waals surface area contributed by atoms with Crippen LogP contribution in [0.1, 0.15) is 44.1 Å². The number of nitrogens with one attached hydrogen (secondary N) is 2. The number of carbonyl (C=O) groups is 2. The predicted molar refractivity (Wildman–Crippen MR) is 96.6 cm³/mol. The largest absolute Gasteiger partial charge is 0.342 e. The molecule has 1 aromatic carbocycles. The Kier molecular flexibility index (Phi) is 3.94. The average molecular weight is 391 g/mol. The number of hydrogen-bond donors (Lipinski definition) is 2. The van der Waals surface area contributed by atoms with Crippen molar-refractivity contribution < 1.29 is 9.59 Å². The Labute approximate surface area is 150 Å². The van der Waals surface area contributed by atoms with Crippen LogP contribution in [0.4, 0.5) is 5.69 Å². The zero-order valence-electron chi connectivity index (χ0n) is 13.9. The molecule has 0 radical (unpaired) electrons. The highest BCUT2D eigenvalue weighted by molar-refractivity contribution is 9.10. The fourth-order valence-corrected chi connectivity index (χ4v) is 5.72. The fraction of sp³-hybridized carbons (Fsp3) is 0.579. The first kappa shape index (κ1) is 16.1. The second kappa shape index (κ2) is 5.87. The van der Waals surface area contributed by atoms with Crippen LogP contribution in [0.25, 0.3) is 0 Å². The molecule has 4 aliphatic rings. The van der Waals surface area contributed by atoms with Crippen molar-refractivity contribution >= 4 is 33.4 Å². The molecule has 4 nitrogen and oxygen atoms in total. The van der Waals surface area contributed by atoms with Gasteiger partial charge in [-0.1, -0.05) is 15.9 Å². The standard InChI is InChI=1S/C19H23BrN2O2/c1-11-4-15(2-3-16(11)20)21-17(23)18(24)22-19-8-12-5-13(9-19)7-14(6-12)10-19/h2-4,12-14H,5-10H2,1H3,(H,21,23)(H,22,24). The number of aryl methyl sites for hydroxylation is 1. The fourth-order valence-electron chi connectivity index (χ4n) is 5.47. The lowest BCUT2D eigenvalue weighted by Gasteiger charge is -2.56. The van der Waals surface area contributed by atoms with Gasteiger partial charge >= 0.3 is 11.8 Å². The maximum Gasteiger partial charge on any atom is 0.313 e. The summed E-state index contributed by atoms with van der Waals surface area (Å²) in [6, 6.07) is 5.54. The Bertz CT molecular complexity index is 665. The van der Waals surface area contributed by atoms with E-state index in [-0.39, 0.29) is 5.54 Å². The van der Waals surface area contributed by atoms with Crippen molar-refractivity contribution in [2.45, 2.75) is 51.0 Å². The van der Waals surface area contributed by atoms with Crippen molar-refractivity contribution in [2.75, 3.05) is 5.32 Å². The summed E-state index contributed by atoms with van der Waals surface area (Å²) in [4.78, 5) is 24.7. The lowest BCUT2D eigenvalue weighted by Crippen LogP contribution is -2.61. The van der Waals surface area contributed by atoms with Gasteiger partial charge in [0, 0.05) is 15.7 Å². The summed E-state index contributed by atoms with van der Waals surface area (Å²) in [5.41, 5.74) is 1.55. The number of carbonyl (C=O) groups excluding carboxylic acids is 2. The van der Waals surface area contributed by atoms with Crippen LogP contribution in [-0.2, 0) is 9.59 Å². The molecule has 24 heavy (non-hydrogen) atoms. The third-order valence-corrected chi connectivity index (χ3v) is 6.93. The monoisotopic (exact) mass is 390 g/mol. The van der Waals surface area contributed by atoms with Crippen LogP contribution in [0.5, 0.6) is 0 Å². The summed E-state index contributed by atoms with van der Waals surface area (Å²) < 4.78 is 0.985. The van der Waals surface area contributed by atoms with Gasteiger partial charge in [-0.05, 0) is 87.0 Å². The molecule has 128 valence electrons. The van der Waals surface area contributed by atoms with Crippen molar-refractivity contribution in [3.63, 3.8) is 0 Å². The molecule has 2 amide bonds. The first-order chi connectivity index (χ1) is 11.4. The molecule has 4 aliphatic carbocycles. The number of rotatable bonds is 2. The van der Waals surface area contributed by atoms with E-state index >= 15 is 0 Å². The molecule has 4 bridgehead atoms. The molecule has 2 N–H and O–H groups in total. The van der Waals surface area contributed by atoms with E-state index in [2.05, 4.69) is 26.6 Å². The van der Waals surface area contributed by atoms with Gasteiger partial charge < -0.3 is 10.6 Å². The summed E-state index contributed by atoms with van der Waals surface area (Å²) in [5, 5.41) is 5.83. The Morgan fingerprint density at radius 2 is 1.62 bits per heavy atom. The molecule has 5 heteroatoms. The van der Waals surface area contributed by atoms with Gasteiger partial charge in [0.2, 0.25) is 0 Å². The molecule has 0 spiro atoms. The minimum absolute atomic E-state index is 0.126. The number of amides is 2. The minimum Gasteiger partial charge on any atom is -0.342 e. The summed E-state index contributed by atoms with van der Waals surface area (Å²) in [5.74, 6) is 1.18. The van der Waals surface area contributed by atoms with Gasteiger partial charge in [0.05, 0.1) is 0 Å². The van der Waals surface area contributed by atoms with Crippen LogP contribution in [0.2, 0.25) is 0 Å². The maximum atomic E-state index is 12.5. The highest BCUT2D eigenvalue weighted by Crippen LogP contribution is 2.55. The van der Waals surface area contributed by atoms with Gasteiger partial charge in [-0.25, -0.2) is 0 Å². The SMILES string of the molecule is Cc1cc(NC(=O)C(=O)NC23CC4CC(CC(C4)C2)C3)ccc1Br. The summed E-state index contributed by atoms with van der Waals surface area (Å²) in [6.45, 7) is 1.95. The van der Waals surface area contributed by atoms with Crippen molar-refractivity contribution in [3.05, 3.63) is 28.2 Å². The molecular weight excluding hydrogens is 368 g/mol. The average Bonchev–Trinajstić information content (AvgIpc) is 2.49. The first-order valence-electron chi connectivity index (χ1n) is 8.82. The van der Waals surface area contributed by atoms with Crippen LogP contribution in [0.15, 0.2) is 22.7 Å². The van der Waals surface area contributed by atoms with Crippen LogP contribution in [0.3, 0.4) is 0 Å².